The molecule has 0 saturated carbocycles. The molecule has 1 atom stereocenters. The van der Waals surface area contributed by atoms with Gasteiger partial charge in [0.05, 0.1) is 62.9 Å². The zero-order chi connectivity index (χ0) is 25.9. The van der Waals surface area contributed by atoms with Gasteiger partial charge in [0, 0.05) is 17.9 Å². The van der Waals surface area contributed by atoms with Crippen LogP contribution in [0.25, 0.3) is 10.4 Å². The standard InChI is InChI=1S/C22H26N6O8/c23-27-24-7-9-35-11-13-36-12-10-34-8-6-18(30)25-15-3-1-2-14-19(15)22(33)28(21(14)32)16-4-5-17(29)26-20(16)31/h1-3,16H,4-13H2,(H,25,30)(H,26,29,31). The van der Waals surface area contributed by atoms with Crippen LogP contribution in [0.5, 0.6) is 0 Å². The van der Waals surface area contributed by atoms with Crippen molar-refractivity contribution < 1.29 is 38.2 Å². The van der Waals surface area contributed by atoms with Crippen LogP contribution in [0, 0.1) is 0 Å². The lowest BCUT2D eigenvalue weighted by atomic mass is 10.0. The molecule has 5 amide bonds. The van der Waals surface area contributed by atoms with Crippen LogP contribution in [-0.2, 0) is 28.6 Å². The lowest BCUT2D eigenvalue weighted by Crippen LogP contribution is -2.54. The average molecular weight is 502 g/mol. The van der Waals surface area contributed by atoms with E-state index < -0.39 is 35.6 Å². The van der Waals surface area contributed by atoms with Gasteiger partial charge in [0.15, 0.2) is 0 Å². The van der Waals surface area contributed by atoms with Crippen LogP contribution in [-0.4, -0.2) is 86.7 Å². The third-order valence-corrected chi connectivity index (χ3v) is 5.36. The highest BCUT2D eigenvalue weighted by Crippen LogP contribution is 2.32. The van der Waals surface area contributed by atoms with Crippen molar-refractivity contribution in [2.75, 3.05) is 51.5 Å². The van der Waals surface area contributed by atoms with E-state index in [1.165, 1.54) is 18.2 Å². The first-order valence-electron chi connectivity index (χ1n) is 11.3. The molecule has 3 rings (SSSR count). The van der Waals surface area contributed by atoms with Gasteiger partial charge in [-0.3, -0.25) is 34.2 Å². The third-order valence-electron chi connectivity index (χ3n) is 5.36. The Balaban J connectivity index is 1.42. The summed E-state index contributed by atoms with van der Waals surface area (Å²) in [5.41, 5.74) is 8.39. The number of anilines is 1. The quantitative estimate of drug-likeness (QED) is 0.123. The Hall–Kier alpha value is -3.84. The van der Waals surface area contributed by atoms with Crippen LogP contribution in [0.4, 0.5) is 5.69 Å². The van der Waals surface area contributed by atoms with Crippen LogP contribution < -0.4 is 10.6 Å². The van der Waals surface area contributed by atoms with Gasteiger partial charge in [-0.2, -0.15) is 0 Å². The van der Waals surface area contributed by atoms with E-state index >= 15 is 0 Å². The molecule has 1 aromatic rings. The molecule has 2 aliphatic heterocycles. The first kappa shape index (κ1) is 26.8. The molecule has 0 radical (unpaired) electrons. The van der Waals surface area contributed by atoms with E-state index in [0.717, 1.165) is 4.90 Å². The van der Waals surface area contributed by atoms with Crippen molar-refractivity contribution >= 4 is 35.2 Å². The summed E-state index contributed by atoms with van der Waals surface area (Å²) in [6, 6.07) is 3.39. The summed E-state index contributed by atoms with van der Waals surface area (Å²) in [4.78, 5) is 65.3. The number of rotatable bonds is 14. The summed E-state index contributed by atoms with van der Waals surface area (Å²) in [6.07, 6.45) is 0.0691. The largest absolute Gasteiger partial charge is 0.379 e. The van der Waals surface area contributed by atoms with Gasteiger partial charge in [-0.1, -0.05) is 11.2 Å². The lowest BCUT2D eigenvalue weighted by molar-refractivity contribution is -0.136. The Labute approximate surface area is 205 Å². The SMILES string of the molecule is [N-]=[N+]=NCCOCCOCCOCCC(=O)Nc1cccc2c1C(=O)N(C1CCC(=O)NC1=O)C2=O. The average Bonchev–Trinajstić information content (AvgIpc) is 3.10. The number of carbonyl (C=O) groups excluding carboxylic acids is 5. The molecule has 1 unspecified atom stereocenters. The highest BCUT2D eigenvalue weighted by molar-refractivity contribution is 6.26. The number of fused-ring (bicyclic) bond motifs is 1. The minimum Gasteiger partial charge on any atom is -0.379 e. The normalized spacial score (nSPS) is 17.0. The van der Waals surface area contributed by atoms with Crippen molar-refractivity contribution in [3.8, 4) is 0 Å². The Morgan fingerprint density at radius 3 is 2.44 bits per heavy atom. The van der Waals surface area contributed by atoms with E-state index in [-0.39, 0.29) is 55.8 Å². The number of carbonyl (C=O) groups is 5. The summed E-state index contributed by atoms with van der Waals surface area (Å²) in [5, 5.41) is 8.10. The molecule has 2 heterocycles. The number of azide groups is 1. The van der Waals surface area contributed by atoms with Crippen LogP contribution in [0.15, 0.2) is 23.3 Å². The molecule has 1 aromatic carbocycles. The molecule has 0 spiro atoms. The second-order valence-corrected chi connectivity index (χ2v) is 7.77. The van der Waals surface area contributed by atoms with Gasteiger partial charge in [-0.25, -0.2) is 0 Å². The Kier molecular flexibility index (Phi) is 9.89. The molecule has 0 aliphatic carbocycles. The molecule has 2 N–H and O–H groups in total. The number of amides is 5. The number of benzene rings is 1. The van der Waals surface area contributed by atoms with Crippen LogP contribution >= 0.6 is 0 Å². The number of imide groups is 2. The number of nitrogens with zero attached hydrogens (tertiary/aromatic N) is 4. The highest BCUT2D eigenvalue weighted by atomic mass is 16.5. The predicted octanol–water partition coefficient (Wildman–Crippen LogP) is 0.777. The van der Waals surface area contributed by atoms with Gasteiger partial charge in [0.25, 0.3) is 11.8 Å². The number of ether oxygens (including phenoxy) is 3. The summed E-state index contributed by atoms with van der Waals surface area (Å²) >= 11 is 0. The van der Waals surface area contributed by atoms with Crippen molar-refractivity contribution in [2.24, 2.45) is 5.11 Å². The molecule has 192 valence electrons. The minimum atomic E-state index is -1.08. The fourth-order valence-electron chi connectivity index (χ4n) is 3.69. The van der Waals surface area contributed by atoms with Crippen LogP contribution in [0.3, 0.4) is 0 Å². The smallest absolute Gasteiger partial charge is 0.264 e. The van der Waals surface area contributed by atoms with Crippen LogP contribution in [0.2, 0.25) is 0 Å². The van der Waals surface area contributed by atoms with Crippen molar-refractivity contribution in [1.82, 2.24) is 10.2 Å². The lowest BCUT2D eigenvalue weighted by Gasteiger charge is -2.27. The number of nitrogens with one attached hydrogen (secondary N) is 2. The van der Waals surface area contributed by atoms with Crippen molar-refractivity contribution in [3.05, 3.63) is 39.8 Å². The third kappa shape index (κ3) is 6.86. The molecule has 14 nitrogen and oxygen atoms in total. The van der Waals surface area contributed by atoms with Crippen molar-refractivity contribution in [2.45, 2.75) is 25.3 Å². The highest BCUT2D eigenvalue weighted by Gasteiger charge is 2.45. The monoisotopic (exact) mass is 502 g/mol. The summed E-state index contributed by atoms with van der Waals surface area (Å²) in [7, 11) is 0. The Morgan fingerprint density at radius 2 is 1.75 bits per heavy atom. The zero-order valence-corrected chi connectivity index (χ0v) is 19.4. The summed E-state index contributed by atoms with van der Waals surface area (Å²) in [6.45, 7) is 1.96. The van der Waals surface area contributed by atoms with Crippen LogP contribution in [0.1, 0.15) is 40.0 Å². The zero-order valence-electron chi connectivity index (χ0n) is 19.4. The molecule has 1 fully saturated rings. The molecular formula is C22H26N6O8. The molecule has 14 heteroatoms. The van der Waals surface area contributed by atoms with Gasteiger partial charge in [0.2, 0.25) is 17.7 Å². The summed E-state index contributed by atoms with van der Waals surface area (Å²) < 4.78 is 15.9. The van der Waals surface area contributed by atoms with Crippen molar-refractivity contribution in [1.29, 1.82) is 0 Å². The Morgan fingerprint density at radius 1 is 1.06 bits per heavy atom. The van der Waals surface area contributed by atoms with Gasteiger partial charge < -0.3 is 19.5 Å². The van der Waals surface area contributed by atoms with E-state index in [1.54, 1.807) is 0 Å². The van der Waals surface area contributed by atoms with E-state index in [2.05, 4.69) is 20.7 Å². The number of piperidine rings is 1. The second kappa shape index (κ2) is 13.3. The maximum atomic E-state index is 13.0. The molecule has 1 saturated heterocycles. The topological polar surface area (TPSA) is 189 Å². The maximum Gasteiger partial charge on any atom is 0.264 e. The van der Waals surface area contributed by atoms with E-state index in [9.17, 15) is 24.0 Å². The van der Waals surface area contributed by atoms with E-state index in [1.807, 2.05) is 0 Å². The molecule has 0 aromatic heterocycles. The Bertz CT molecular complexity index is 1070. The fraction of sp³-hybridized carbons (Fsp3) is 0.500. The van der Waals surface area contributed by atoms with E-state index in [0.29, 0.717) is 26.4 Å². The van der Waals surface area contributed by atoms with Crippen molar-refractivity contribution in [3.63, 3.8) is 0 Å². The molecular weight excluding hydrogens is 476 g/mol. The second-order valence-electron chi connectivity index (χ2n) is 7.77. The number of hydrogen-bond donors (Lipinski definition) is 2. The summed E-state index contributed by atoms with van der Waals surface area (Å²) in [5.74, 6) is -2.93. The van der Waals surface area contributed by atoms with Gasteiger partial charge in [-0.05, 0) is 24.1 Å². The number of hydrogen-bond acceptors (Lipinski definition) is 9. The first-order chi connectivity index (χ1) is 17.4. The molecule has 36 heavy (non-hydrogen) atoms. The molecule has 0 bridgehead atoms. The predicted molar refractivity (Wildman–Crippen MR) is 123 cm³/mol. The van der Waals surface area contributed by atoms with Gasteiger partial charge in [-0.15, -0.1) is 0 Å². The fourth-order valence-corrected chi connectivity index (χ4v) is 3.69. The van der Waals surface area contributed by atoms with Gasteiger partial charge >= 0.3 is 0 Å². The first-order valence-corrected chi connectivity index (χ1v) is 11.3. The van der Waals surface area contributed by atoms with Gasteiger partial charge in [0.1, 0.15) is 6.04 Å². The molecule has 2 aliphatic rings. The van der Waals surface area contributed by atoms with E-state index in [4.69, 9.17) is 19.7 Å². The minimum absolute atomic E-state index is 0.00514. The maximum absolute atomic E-state index is 13.0.